The minimum Gasteiger partial charge on any atom is -0.462 e. The molecule has 5 nitrogen and oxygen atoms in total. The number of carbonyl (C=O) groups excluding carboxylic acids is 2. The fraction of sp³-hybridized carbons (Fsp3) is 0.636. The molecule has 3 unspecified atom stereocenters. The van der Waals surface area contributed by atoms with E-state index in [0.29, 0.717) is 0 Å². The average Bonchev–Trinajstić information content (AvgIpc) is 2.33. The van der Waals surface area contributed by atoms with Crippen LogP contribution in [0.15, 0.2) is 12.7 Å². The summed E-state index contributed by atoms with van der Waals surface area (Å²) in [5, 5.41) is 0. The van der Waals surface area contributed by atoms with Crippen molar-refractivity contribution in [3.63, 3.8) is 0 Å². The van der Waals surface area contributed by atoms with E-state index in [4.69, 9.17) is 14.2 Å². The van der Waals surface area contributed by atoms with E-state index >= 15 is 0 Å². The van der Waals surface area contributed by atoms with Crippen LogP contribution in [0.25, 0.3) is 0 Å². The molecule has 1 fully saturated rings. The lowest BCUT2D eigenvalue weighted by atomic mass is 10.0. The molecule has 1 saturated heterocycles. The van der Waals surface area contributed by atoms with Crippen molar-refractivity contribution in [2.75, 3.05) is 6.61 Å². The lowest BCUT2D eigenvalue weighted by Crippen LogP contribution is -2.27. The summed E-state index contributed by atoms with van der Waals surface area (Å²) < 4.78 is 15.2. The molecule has 0 radical (unpaired) electrons. The van der Waals surface area contributed by atoms with Crippen LogP contribution in [0.3, 0.4) is 0 Å². The van der Waals surface area contributed by atoms with Crippen molar-refractivity contribution in [2.45, 2.75) is 32.7 Å². The van der Waals surface area contributed by atoms with Crippen LogP contribution in [0.4, 0.5) is 0 Å². The van der Waals surface area contributed by atoms with Crippen molar-refractivity contribution in [1.82, 2.24) is 0 Å². The number of hydrogen-bond acceptors (Lipinski definition) is 5. The third kappa shape index (κ3) is 3.66. The minimum absolute atomic E-state index is 0.133. The molecule has 0 N–H and O–H groups in total. The molecule has 0 amide bonds. The van der Waals surface area contributed by atoms with Crippen LogP contribution in [0.2, 0.25) is 0 Å². The Morgan fingerprint density at radius 1 is 1.62 bits per heavy atom. The van der Waals surface area contributed by atoms with E-state index in [9.17, 15) is 9.59 Å². The third-order valence-corrected chi connectivity index (χ3v) is 2.40. The van der Waals surface area contributed by atoms with Gasteiger partial charge in [0.15, 0.2) is 6.29 Å². The van der Waals surface area contributed by atoms with Gasteiger partial charge >= 0.3 is 11.9 Å². The van der Waals surface area contributed by atoms with Crippen LogP contribution in [0.1, 0.15) is 20.3 Å². The molecule has 5 heteroatoms. The van der Waals surface area contributed by atoms with Gasteiger partial charge < -0.3 is 14.2 Å². The Morgan fingerprint density at radius 3 is 2.94 bits per heavy atom. The van der Waals surface area contributed by atoms with Gasteiger partial charge in [-0.25, -0.2) is 4.79 Å². The summed E-state index contributed by atoms with van der Waals surface area (Å²) in [7, 11) is 0. The summed E-state index contributed by atoms with van der Waals surface area (Å²) in [6, 6.07) is 0. The molecule has 1 aliphatic rings. The van der Waals surface area contributed by atoms with Gasteiger partial charge in [-0.2, -0.15) is 0 Å². The molecule has 90 valence electrons. The second-order valence-corrected chi connectivity index (χ2v) is 3.70. The van der Waals surface area contributed by atoms with Gasteiger partial charge in [-0.1, -0.05) is 6.58 Å². The van der Waals surface area contributed by atoms with E-state index in [1.54, 1.807) is 6.92 Å². The molecular formula is C11H16O5. The largest absolute Gasteiger partial charge is 0.462 e. The van der Waals surface area contributed by atoms with E-state index in [-0.39, 0.29) is 31.0 Å². The zero-order chi connectivity index (χ0) is 12.1. The molecule has 0 aromatic heterocycles. The van der Waals surface area contributed by atoms with Gasteiger partial charge in [-0.05, 0) is 13.8 Å². The molecule has 1 rings (SSSR count). The smallest absolute Gasteiger partial charge is 0.330 e. The molecule has 3 atom stereocenters. The molecule has 16 heavy (non-hydrogen) atoms. The lowest BCUT2D eigenvalue weighted by Gasteiger charge is -2.20. The van der Waals surface area contributed by atoms with Crippen LogP contribution in [0, 0.1) is 5.92 Å². The van der Waals surface area contributed by atoms with Crippen LogP contribution >= 0.6 is 0 Å². The molecule has 1 aliphatic heterocycles. The standard InChI is InChI=1S/C11H16O5/c1-4-10(12)14-6-9-5-11(13)16-8(3)15-7(9)2/h4,7-9H,1,5-6H2,2-3H3. The van der Waals surface area contributed by atoms with Gasteiger partial charge in [-0.3, -0.25) is 4.79 Å². The van der Waals surface area contributed by atoms with Gasteiger partial charge in [0.05, 0.1) is 19.1 Å². The Kier molecular flexibility index (Phi) is 4.49. The summed E-state index contributed by atoms with van der Waals surface area (Å²) in [4.78, 5) is 22.2. The van der Waals surface area contributed by atoms with E-state index in [1.807, 2.05) is 6.92 Å². The molecule has 0 aliphatic carbocycles. The maximum absolute atomic E-state index is 11.3. The summed E-state index contributed by atoms with van der Waals surface area (Å²) >= 11 is 0. The van der Waals surface area contributed by atoms with E-state index in [0.717, 1.165) is 6.08 Å². The van der Waals surface area contributed by atoms with Crippen molar-refractivity contribution in [3.8, 4) is 0 Å². The van der Waals surface area contributed by atoms with Crippen molar-refractivity contribution in [2.24, 2.45) is 5.92 Å². The van der Waals surface area contributed by atoms with Crippen molar-refractivity contribution < 1.29 is 23.8 Å². The summed E-state index contributed by atoms with van der Waals surface area (Å²) in [6.07, 6.45) is 0.528. The average molecular weight is 228 g/mol. The fourth-order valence-electron chi connectivity index (χ4n) is 1.50. The van der Waals surface area contributed by atoms with E-state index in [2.05, 4.69) is 6.58 Å². The van der Waals surface area contributed by atoms with Crippen LogP contribution < -0.4 is 0 Å². The Labute approximate surface area is 94.4 Å². The highest BCUT2D eigenvalue weighted by Gasteiger charge is 2.29. The van der Waals surface area contributed by atoms with Crippen LogP contribution in [0.5, 0.6) is 0 Å². The first-order chi connectivity index (χ1) is 7.52. The highest BCUT2D eigenvalue weighted by Crippen LogP contribution is 2.20. The van der Waals surface area contributed by atoms with Crippen LogP contribution in [-0.2, 0) is 23.8 Å². The Hall–Kier alpha value is -1.36. The predicted molar refractivity (Wildman–Crippen MR) is 55.4 cm³/mol. The van der Waals surface area contributed by atoms with Gasteiger partial charge in [0.25, 0.3) is 0 Å². The minimum atomic E-state index is -0.553. The Balaban J connectivity index is 2.53. The first-order valence-corrected chi connectivity index (χ1v) is 5.17. The number of hydrogen-bond donors (Lipinski definition) is 0. The Morgan fingerprint density at radius 2 is 2.31 bits per heavy atom. The van der Waals surface area contributed by atoms with Gasteiger partial charge in [0.1, 0.15) is 0 Å². The molecule has 0 spiro atoms. The molecular weight excluding hydrogens is 212 g/mol. The number of esters is 2. The summed E-state index contributed by atoms with van der Waals surface area (Å²) in [5.41, 5.74) is 0. The molecule has 0 aromatic carbocycles. The lowest BCUT2D eigenvalue weighted by molar-refractivity contribution is -0.174. The van der Waals surface area contributed by atoms with E-state index < -0.39 is 12.3 Å². The van der Waals surface area contributed by atoms with Gasteiger partial charge in [0, 0.05) is 12.0 Å². The highest BCUT2D eigenvalue weighted by atomic mass is 16.7. The summed E-state index contributed by atoms with van der Waals surface area (Å²) in [5.74, 6) is -1.02. The molecule has 0 saturated carbocycles. The monoisotopic (exact) mass is 228 g/mol. The second kappa shape index (κ2) is 5.65. The van der Waals surface area contributed by atoms with Crippen molar-refractivity contribution in [3.05, 3.63) is 12.7 Å². The normalized spacial score (nSPS) is 30.1. The number of cyclic esters (lactones) is 1. The molecule has 1 heterocycles. The number of rotatable bonds is 3. The van der Waals surface area contributed by atoms with Crippen LogP contribution in [-0.4, -0.2) is 30.9 Å². The SMILES string of the molecule is C=CC(=O)OCC1CC(=O)OC(C)OC1C. The van der Waals surface area contributed by atoms with Gasteiger partial charge in [-0.15, -0.1) is 0 Å². The molecule has 0 bridgehead atoms. The maximum Gasteiger partial charge on any atom is 0.330 e. The first kappa shape index (κ1) is 12.7. The van der Waals surface area contributed by atoms with E-state index in [1.165, 1.54) is 0 Å². The Bertz CT molecular complexity index is 286. The second-order valence-electron chi connectivity index (χ2n) is 3.70. The number of ether oxygens (including phenoxy) is 3. The quantitative estimate of drug-likeness (QED) is 0.533. The topological polar surface area (TPSA) is 61.8 Å². The molecule has 0 aromatic rings. The van der Waals surface area contributed by atoms with Gasteiger partial charge in [0.2, 0.25) is 0 Å². The van der Waals surface area contributed by atoms with Crippen molar-refractivity contribution >= 4 is 11.9 Å². The zero-order valence-corrected chi connectivity index (χ0v) is 9.47. The first-order valence-electron chi connectivity index (χ1n) is 5.17. The zero-order valence-electron chi connectivity index (χ0n) is 9.47. The third-order valence-electron chi connectivity index (χ3n) is 2.40. The highest BCUT2D eigenvalue weighted by molar-refractivity contribution is 5.81. The number of carbonyl (C=O) groups is 2. The fourth-order valence-corrected chi connectivity index (χ4v) is 1.50. The summed E-state index contributed by atoms with van der Waals surface area (Å²) in [6.45, 7) is 6.91. The predicted octanol–water partition coefficient (Wildman–Crippen LogP) is 1.03. The maximum atomic E-state index is 11.3. The van der Waals surface area contributed by atoms with Crippen molar-refractivity contribution in [1.29, 1.82) is 0 Å².